The number of aliphatic hydroxyl groups excluding tert-OH is 4. The van der Waals surface area contributed by atoms with Crippen LogP contribution in [0, 0.1) is 0 Å². The third-order valence-electron chi connectivity index (χ3n) is 2.77. The second kappa shape index (κ2) is 9.37. The fourth-order valence-electron chi connectivity index (χ4n) is 1.42. The fourth-order valence-corrected chi connectivity index (χ4v) is 1.42. The molecule has 0 radical (unpaired) electrons. The normalized spacial score (nSPS) is 18.1. The van der Waals surface area contributed by atoms with E-state index in [2.05, 4.69) is 5.32 Å². The molecule has 0 unspecified atom stereocenters. The van der Waals surface area contributed by atoms with E-state index in [1.165, 1.54) is 0 Å². The summed E-state index contributed by atoms with van der Waals surface area (Å²) in [5.41, 5.74) is 5.19. The Morgan fingerprint density at radius 1 is 1.19 bits per heavy atom. The predicted molar refractivity (Wildman–Crippen MR) is 67.9 cm³/mol. The van der Waals surface area contributed by atoms with Gasteiger partial charge in [0.25, 0.3) is 0 Å². The van der Waals surface area contributed by atoms with Crippen LogP contribution in [0.5, 0.6) is 0 Å². The molecule has 0 fully saturated rings. The van der Waals surface area contributed by atoms with Crippen LogP contribution in [0.25, 0.3) is 0 Å². The van der Waals surface area contributed by atoms with Crippen LogP contribution in [-0.2, 0) is 14.4 Å². The third-order valence-corrected chi connectivity index (χ3v) is 2.77. The zero-order valence-electron chi connectivity index (χ0n) is 11.1. The summed E-state index contributed by atoms with van der Waals surface area (Å²) in [5.74, 6) is -2.04. The van der Waals surface area contributed by atoms with Crippen molar-refractivity contribution in [3.8, 4) is 0 Å². The van der Waals surface area contributed by atoms with Crippen LogP contribution in [0.4, 0.5) is 0 Å². The van der Waals surface area contributed by atoms with Crippen molar-refractivity contribution in [2.75, 3.05) is 6.61 Å². The van der Waals surface area contributed by atoms with E-state index in [0.29, 0.717) is 0 Å². The number of carbonyl (C=O) groups excluding carboxylic acids is 2. The van der Waals surface area contributed by atoms with Gasteiger partial charge in [0.2, 0.25) is 5.91 Å². The molecular formula is C11H20N2O8. The molecule has 21 heavy (non-hydrogen) atoms. The van der Waals surface area contributed by atoms with Crippen molar-refractivity contribution in [1.82, 2.24) is 5.32 Å². The molecule has 0 aromatic rings. The Morgan fingerprint density at radius 2 is 1.76 bits per heavy atom. The molecular weight excluding hydrogens is 288 g/mol. The Kier molecular flexibility index (Phi) is 8.66. The maximum atomic E-state index is 11.5. The molecule has 0 aliphatic carbocycles. The van der Waals surface area contributed by atoms with Gasteiger partial charge in [-0.05, 0) is 6.42 Å². The number of aliphatic hydroxyl groups is 4. The Labute approximate surface area is 120 Å². The van der Waals surface area contributed by atoms with E-state index in [1.807, 2.05) is 0 Å². The van der Waals surface area contributed by atoms with Crippen molar-refractivity contribution in [1.29, 1.82) is 0 Å². The van der Waals surface area contributed by atoms with Crippen LogP contribution in [0.2, 0.25) is 0 Å². The fraction of sp³-hybridized carbons (Fsp3) is 0.727. The summed E-state index contributed by atoms with van der Waals surface area (Å²) >= 11 is 0. The first-order chi connectivity index (χ1) is 9.74. The summed E-state index contributed by atoms with van der Waals surface area (Å²) in [6, 6.07) is -2.76. The Hall–Kier alpha value is -1.59. The van der Waals surface area contributed by atoms with Gasteiger partial charge in [-0.1, -0.05) is 0 Å². The zero-order valence-corrected chi connectivity index (χ0v) is 11.1. The number of amides is 1. The molecule has 10 heteroatoms. The predicted octanol–water partition coefficient (Wildman–Crippen LogP) is -4.06. The molecule has 5 atom stereocenters. The Bertz CT molecular complexity index is 364. The average molecular weight is 308 g/mol. The molecule has 0 aliphatic rings. The van der Waals surface area contributed by atoms with E-state index in [4.69, 9.17) is 21.1 Å². The number of nitrogens with one attached hydrogen (secondary N) is 1. The Balaban J connectivity index is 4.45. The molecule has 0 aliphatic heterocycles. The minimum Gasteiger partial charge on any atom is -0.480 e. The van der Waals surface area contributed by atoms with Crippen LogP contribution in [-0.4, -0.2) is 80.7 Å². The SMILES string of the molecule is N[C@@H](CCC(=O)N[C@@H](C=O)[C@@H](O)[C@H](O)[C@H](O)CO)C(=O)O. The summed E-state index contributed by atoms with van der Waals surface area (Å²) in [6.07, 6.45) is -5.69. The highest BCUT2D eigenvalue weighted by atomic mass is 16.4. The average Bonchev–Trinajstić information content (AvgIpc) is 2.47. The molecule has 0 aromatic carbocycles. The van der Waals surface area contributed by atoms with Gasteiger partial charge in [-0.15, -0.1) is 0 Å². The number of nitrogens with two attached hydrogens (primary N) is 1. The van der Waals surface area contributed by atoms with Gasteiger partial charge in [0.05, 0.1) is 6.61 Å². The van der Waals surface area contributed by atoms with Crippen LogP contribution in [0.15, 0.2) is 0 Å². The molecule has 0 heterocycles. The molecule has 0 spiro atoms. The van der Waals surface area contributed by atoms with Crippen molar-refractivity contribution in [2.45, 2.75) is 43.2 Å². The van der Waals surface area contributed by atoms with Crippen molar-refractivity contribution < 1.29 is 39.9 Å². The van der Waals surface area contributed by atoms with E-state index >= 15 is 0 Å². The lowest BCUT2D eigenvalue weighted by molar-refractivity contribution is -0.139. The van der Waals surface area contributed by atoms with Gasteiger partial charge in [0.1, 0.15) is 36.7 Å². The molecule has 122 valence electrons. The quantitative estimate of drug-likeness (QED) is 0.197. The molecule has 10 nitrogen and oxygen atoms in total. The van der Waals surface area contributed by atoms with Gasteiger partial charge in [-0.3, -0.25) is 9.59 Å². The van der Waals surface area contributed by atoms with Crippen molar-refractivity contribution >= 4 is 18.2 Å². The lowest BCUT2D eigenvalue weighted by atomic mass is 10.0. The number of hydrogen-bond donors (Lipinski definition) is 7. The number of carboxylic acid groups (broad SMARTS) is 1. The van der Waals surface area contributed by atoms with E-state index < -0.39 is 48.9 Å². The summed E-state index contributed by atoms with van der Waals surface area (Å²) in [4.78, 5) is 32.7. The van der Waals surface area contributed by atoms with Crippen LogP contribution >= 0.6 is 0 Å². The smallest absolute Gasteiger partial charge is 0.320 e. The molecule has 0 saturated carbocycles. The van der Waals surface area contributed by atoms with Crippen LogP contribution in [0.3, 0.4) is 0 Å². The maximum Gasteiger partial charge on any atom is 0.320 e. The molecule has 0 saturated heterocycles. The molecule has 8 N–H and O–H groups in total. The number of rotatable bonds is 10. The molecule has 1 amide bonds. The van der Waals surface area contributed by atoms with Gasteiger partial charge in [0, 0.05) is 6.42 Å². The standard InChI is InChI=1S/C11H20N2O8/c12-5(11(20)21)1-2-8(17)13-6(3-14)9(18)10(19)7(16)4-15/h3,5-7,9-10,15-16,18-19H,1-2,4,12H2,(H,13,17)(H,20,21)/t5-,6-,7+,9+,10+/m0/s1. The highest BCUT2D eigenvalue weighted by Gasteiger charge is 2.31. The second-order valence-corrected chi connectivity index (χ2v) is 4.44. The number of carbonyl (C=O) groups is 3. The molecule has 0 rings (SSSR count). The number of aldehydes is 1. The Morgan fingerprint density at radius 3 is 2.19 bits per heavy atom. The van der Waals surface area contributed by atoms with Gasteiger partial charge >= 0.3 is 5.97 Å². The van der Waals surface area contributed by atoms with Crippen LogP contribution < -0.4 is 11.1 Å². The first-order valence-corrected chi connectivity index (χ1v) is 6.12. The first kappa shape index (κ1) is 19.4. The highest BCUT2D eigenvalue weighted by Crippen LogP contribution is 2.05. The largest absolute Gasteiger partial charge is 0.480 e. The zero-order chi connectivity index (χ0) is 16.6. The van der Waals surface area contributed by atoms with Gasteiger partial charge in [-0.25, -0.2) is 0 Å². The van der Waals surface area contributed by atoms with Gasteiger partial charge < -0.3 is 41.4 Å². The second-order valence-electron chi connectivity index (χ2n) is 4.44. The number of aliphatic carboxylic acids is 1. The molecule has 0 aromatic heterocycles. The summed E-state index contributed by atoms with van der Waals surface area (Å²) in [5, 5.41) is 47.4. The van der Waals surface area contributed by atoms with Crippen molar-refractivity contribution in [3.63, 3.8) is 0 Å². The van der Waals surface area contributed by atoms with E-state index in [0.717, 1.165) is 0 Å². The van der Waals surface area contributed by atoms with Gasteiger partial charge in [0.15, 0.2) is 0 Å². The minimum absolute atomic E-state index is 0.146. The summed E-state index contributed by atoms with van der Waals surface area (Å²) in [6.45, 7) is -0.842. The lowest BCUT2D eigenvalue weighted by Crippen LogP contribution is -2.53. The lowest BCUT2D eigenvalue weighted by Gasteiger charge is -2.26. The summed E-state index contributed by atoms with van der Waals surface area (Å²) < 4.78 is 0. The topological polar surface area (TPSA) is 190 Å². The minimum atomic E-state index is -1.84. The van der Waals surface area contributed by atoms with E-state index in [9.17, 15) is 24.6 Å². The van der Waals surface area contributed by atoms with Gasteiger partial charge in [-0.2, -0.15) is 0 Å². The van der Waals surface area contributed by atoms with Crippen LogP contribution in [0.1, 0.15) is 12.8 Å². The maximum absolute atomic E-state index is 11.5. The number of hydrogen-bond acceptors (Lipinski definition) is 8. The van der Waals surface area contributed by atoms with Crippen molar-refractivity contribution in [3.05, 3.63) is 0 Å². The first-order valence-electron chi connectivity index (χ1n) is 6.12. The highest BCUT2D eigenvalue weighted by molar-refractivity contribution is 5.81. The van der Waals surface area contributed by atoms with E-state index in [1.54, 1.807) is 0 Å². The number of carboxylic acids is 1. The van der Waals surface area contributed by atoms with E-state index in [-0.39, 0.29) is 19.1 Å². The van der Waals surface area contributed by atoms with Crippen molar-refractivity contribution in [2.24, 2.45) is 5.73 Å². The third kappa shape index (κ3) is 6.60. The monoisotopic (exact) mass is 308 g/mol. The summed E-state index contributed by atoms with van der Waals surface area (Å²) in [7, 11) is 0. The molecule has 0 bridgehead atoms.